The highest BCUT2D eigenvalue weighted by Crippen LogP contribution is 2.33. The van der Waals surface area contributed by atoms with Gasteiger partial charge in [0, 0.05) is 31.4 Å². The van der Waals surface area contributed by atoms with E-state index >= 15 is 0 Å². The summed E-state index contributed by atoms with van der Waals surface area (Å²) >= 11 is 0. The number of aromatic nitrogens is 1. The Balaban J connectivity index is 1.58. The fourth-order valence-corrected chi connectivity index (χ4v) is 4.15. The molecule has 2 saturated heterocycles. The molecule has 1 aromatic heterocycles. The Hall–Kier alpha value is -2.40. The first kappa shape index (κ1) is 18.0. The number of pyridine rings is 1. The quantitative estimate of drug-likeness (QED) is 0.834. The van der Waals surface area contributed by atoms with Gasteiger partial charge in [0.1, 0.15) is 5.82 Å². The molecule has 0 radical (unpaired) electrons. The number of benzene rings is 1. The van der Waals surface area contributed by atoms with Crippen molar-refractivity contribution >= 4 is 11.7 Å². The molecule has 0 bridgehead atoms. The van der Waals surface area contributed by atoms with Crippen LogP contribution in [0.5, 0.6) is 0 Å². The van der Waals surface area contributed by atoms with E-state index in [0.29, 0.717) is 0 Å². The second kappa shape index (κ2) is 8.09. The van der Waals surface area contributed by atoms with Crippen molar-refractivity contribution in [2.75, 3.05) is 37.7 Å². The van der Waals surface area contributed by atoms with Crippen LogP contribution in [0, 0.1) is 6.92 Å². The number of carbonyl (C=O) groups excluding carboxylic acids is 1. The summed E-state index contributed by atoms with van der Waals surface area (Å²) in [4.78, 5) is 22.2. The van der Waals surface area contributed by atoms with E-state index in [-0.39, 0.29) is 11.9 Å². The van der Waals surface area contributed by atoms with E-state index in [2.05, 4.69) is 17.9 Å². The number of amides is 1. The predicted molar refractivity (Wildman–Crippen MR) is 106 cm³/mol. The fourth-order valence-electron chi connectivity index (χ4n) is 4.15. The first-order valence-corrected chi connectivity index (χ1v) is 9.89. The summed E-state index contributed by atoms with van der Waals surface area (Å²) in [5.74, 6) is 1.16. The zero-order valence-corrected chi connectivity index (χ0v) is 15.9. The number of aryl methyl sites for hydroxylation is 1. The summed E-state index contributed by atoms with van der Waals surface area (Å²) in [7, 11) is 0. The molecule has 3 heterocycles. The zero-order chi connectivity index (χ0) is 18.6. The van der Waals surface area contributed by atoms with Crippen LogP contribution in [0.2, 0.25) is 0 Å². The van der Waals surface area contributed by atoms with E-state index < -0.39 is 0 Å². The molecule has 2 fully saturated rings. The van der Waals surface area contributed by atoms with Crippen LogP contribution in [0.1, 0.15) is 46.8 Å². The molecule has 0 saturated carbocycles. The summed E-state index contributed by atoms with van der Waals surface area (Å²) in [6, 6.07) is 11.9. The van der Waals surface area contributed by atoms with E-state index in [1.807, 2.05) is 41.4 Å². The minimum absolute atomic E-state index is 0.108. The van der Waals surface area contributed by atoms with Gasteiger partial charge in [-0.25, -0.2) is 4.98 Å². The van der Waals surface area contributed by atoms with Crippen molar-refractivity contribution in [2.45, 2.75) is 32.2 Å². The Morgan fingerprint density at radius 1 is 1.11 bits per heavy atom. The first-order chi connectivity index (χ1) is 13.2. The highest BCUT2D eigenvalue weighted by Gasteiger charge is 2.29. The van der Waals surface area contributed by atoms with Gasteiger partial charge in [-0.2, -0.15) is 0 Å². The van der Waals surface area contributed by atoms with Crippen molar-refractivity contribution in [3.8, 4) is 0 Å². The second-order valence-corrected chi connectivity index (χ2v) is 7.38. The standard InChI is InChI=1S/C22H27N3O2/c1-17-15-19(16-23-21(17)24-11-13-27-14-12-24)20-9-5-6-10-25(20)22(26)18-7-3-2-4-8-18/h2-4,7-8,15-16,20H,5-6,9-14H2,1H3/t20-/m1/s1. The third-order valence-corrected chi connectivity index (χ3v) is 5.55. The number of piperidine rings is 1. The van der Waals surface area contributed by atoms with Crippen molar-refractivity contribution in [3.63, 3.8) is 0 Å². The summed E-state index contributed by atoms with van der Waals surface area (Å²) in [5.41, 5.74) is 3.08. The van der Waals surface area contributed by atoms with Crippen molar-refractivity contribution < 1.29 is 9.53 Å². The summed E-state index contributed by atoms with van der Waals surface area (Å²) in [6.07, 6.45) is 5.18. The first-order valence-electron chi connectivity index (χ1n) is 9.89. The Bertz CT molecular complexity index is 787. The smallest absolute Gasteiger partial charge is 0.254 e. The van der Waals surface area contributed by atoms with Crippen LogP contribution in [-0.2, 0) is 4.74 Å². The maximum atomic E-state index is 13.1. The molecule has 27 heavy (non-hydrogen) atoms. The summed E-state index contributed by atoms with van der Waals surface area (Å²) in [5, 5.41) is 0. The number of morpholine rings is 1. The third kappa shape index (κ3) is 3.83. The molecule has 1 aromatic carbocycles. The van der Waals surface area contributed by atoms with Gasteiger partial charge in [0.2, 0.25) is 0 Å². The molecule has 5 heteroatoms. The monoisotopic (exact) mass is 365 g/mol. The highest BCUT2D eigenvalue weighted by atomic mass is 16.5. The Labute approximate surface area is 161 Å². The fraction of sp³-hybridized carbons (Fsp3) is 0.455. The third-order valence-electron chi connectivity index (χ3n) is 5.55. The molecule has 0 N–H and O–H groups in total. The van der Waals surface area contributed by atoms with Crippen LogP contribution >= 0.6 is 0 Å². The van der Waals surface area contributed by atoms with Gasteiger partial charge in [0.05, 0.1) is 19.3 Å². The molecular formula is C22H27N3O2. The lowest BCUT2D eigenvalue weighted by Gasteiger charge is -2.36. The van der Waals surface area contributed by atoms with Crippen molar-refractivity contribution in [1.29, 1.82) is 0 Å². The molecule has 0 aliphatic carbocycles. The van der Waals surface area contributed by atoms with Crippen molar-refractivity contribution in [3.05, 3.63) is 59.3 Å². The van der Waals surface area contributed by atoms with E-state index in [0.717, 1.165) is 69.1 Å². The maximum absolute atomic E-state index is 13.1. The molecule has 2 aromatic rings. The average Bonchev–Trinajstić information content (AvgIpc) is 2.74. The molecule has 0 unspecified atom stereocenters. The van der Waals surface area contributed by atoms with Gasteiger partial charge < -0.3 is 14.5 Å². The maximum Gasteiger partial charge on any atom is 0.254 e. The van der Waals surface area contributed by atoms with Crippen molar-refractivity contribution in [1.82, 2.24) is 9.88 Å². The number of nitrogens with zero attached hydrogens (tertiary/aromatic N) is 3. The lowest BCUT2D eigenvalue weighted by molar-refractivity contribution is 0.0611. The van der Waals surface area contributed by atoms with Gasteiger partial charge in [0.15, 0.2) is 0 Å². The Morgan fingerprint density at radius 3 is 2.63 bits per heavy atom. The van der Waals surface area contributed by atoms with Crippen LogP contribution in [-0.4, -0.2) is 48.6 Å². The zero-order valence-electron chi connectivity index (χ0n) is 15.9. The predicted octanol–water partition coefficient (Wildman–Crippen LogP) is 3.59. The van der Waals surface area contributed by atoms with Crippen LogP contribution < -0.4 is 4.90 Å². The largest absolute Gasteiger partial charge is 0.378 e. The normalized spacial score (nSPS) is 20.6. The topological polar surface area (TPSA) is 45.7 Å². The minimum atomic E-state index is 0.108. The number of hydrogen-bond donors (Lipinski definition) is 0. The average molecular weight is 365 g/mol. The molecule has 0 spiro atoms. The number of ether oxygens (including phenoxy) is 1. The van der Waals surface area contributed by atoms with Crippen LogP contribution in [0.3, 0.4) is 0 Å². The molecule has 5 nitrogen and oxygen atoms in total. The highest BCUT2D eigenvalue weighted by molar-refractivity contribution is 5.94. The number of rotatable bonds is 3. The molecule has 4 rings (SSSR count). The number of hydrogen-bond acceptors (Lipinski definition) is 4. The molecule has 2 aliphatic heterocycles. The molecule has 2 aliphatic rings. The van der Waals surface area contributed by atoms with Gasteiger partial charge >= 0.3 is 0 Å². The van der Waals surface area contributed by atoms with E-state index in [9.17, 15) is 4.79 Å². The van der Waals surface area contributed by atoms with Gasteiger partial charge in [-0.05, 0) is 55.5 Å². The molecular weight excluding hydrogens is 338 g/mol. The van der Waals surface area contributed by atoms with Gasteiger partial charge in [-0.1, -0.05) is 18.2 Å². The van der Waals surface area contributed by atoms with E-state index in [1.54, 1.807) is 0 Å². The number of anilines is 1. The second-order valence-electron chi connectivity index (χ2n) is 7.38. The van der Waals surface area contributed by atoms with E-state index in [1.165, 1.54) is 5.56 Å². The van der Waals surface area contributed by atoms with E-state index in [4.69, 9.17) is 9.72 Å². The minimum Gasteiger partial charge on any atom is -0.378 e. The Kier molecular flexibility index (Phi) is 5.39. The van der Waals surface area contributed by atoms with Crippen LogP contribution in [0.4, 0.5) is 5.82 Å². The molecule has 1 atom stereocenters. The van der Waals surface area contributed by atoms with Crippen LogP contribution in [0.25, 0.3) is 0 Å². The van der Waals surface area contributed by atoms with Gasteiger partial charge in [-0.15, -0.1) is 0 Å². The van der Waals surface area contributed by atoms with Crippen LogP contribution in [0.15, 0.2) is 42.6 Å². The number of carbonyl (C=O) groups is 1. The number of likely N-dealkylation sites (tertiary alicyclic amines) is 1. The molecule has 142 valence electrons. The lowest BCUT2D eigenvalue weighted by Crippen LogP contribution is -2.39. The van der Waals surface area contributed by atoms with Crippen molar-refractivity contribution in [2.24, 2.45) is 0 Å². The summed E-state index contributed by atoms with van der Waals surface area (Å²) < 4.78 is 5.45. The molecule has 1 amide bonds. The summed E-state index contributed by atoms with van der Waals surface area (Å²) in [6.45, 7) is 6.20. The van der Waals surface area contributed by atoms with Gasteiger partial charge in [0.25, 0.3) is 5.91 Å². The lowest BCUT2D eigenvalue weighted by atomic mass is 9.94. The van der Waals surface area contributed by atoms with Gasteiger partial charge in [-0.3, -0.25) is 4.79 Å². The SMILES string of the molecule is Cc1cc([C@H]2CCCCN2C(=O)c2ccccc2)cnc1N1CCOCC1. The Morgan fingerprint density at radius 2 is 1.89 bits per heavy atom.